The predicted molar refractivity (Wildman–Crippen MR) is 68.8 cm³/mol. The van der Waals surface area contributed by atoms with E-state index in [1.165, 1.54) is 0 Å². The number of anilines is 1. The lowest BCUT2D eigenvalue weighted by Gasteiger charge is -2.25. The fourth-order valence-electron chi connectivity index (χ4n) is 2.13. The van der Waals surface area contributed by atoms with Crippen molar-refractivity contribution in [3.63, 3.8) is 0 Å². The molecular weight excluding hydrogens is 232 g/mol. The van der Waals surface area contributed by atoms with Crippen molar-refractivity contribution in [1.29, 1.82) is 0 Å². The number of hydrogen-bond donors (Lipinski definition) is 2. The molecule has 1 amide bonds. The van der Waals surface area contributed by atoms with Crippen LogP contribution in [-0.2, 0) is 4.79 Å². The quantitative estimate of drug-likeness (QED) is 0.814. The number of nitrogens with zero attached hydrogens (tertiary/aromatic N) is 1. The van der Waals surface area contributed by atoms with Gasteiger partial charge in [0.25, 0.3) is 0 Å². The van der Waals surface area contributed by atoms with Crippen LogP contribution in [0, 0.1) is 0 Å². The van der Waals surface area contributed by atoms with E-state index in [4.69, 9.17) is 4.74 Å². The average Bonchev–Trinajstić information content (AvgIpc) is 2.60. The molecule has 0 aliphatic carbocycles. The molecule has 18 heavy (non-hydrogen) atoms. The smallest absolute Gasteiger partial charge is 0.246 e. The molecule has 0 spiro atoms. The number of para-hydroxylation sites is 2. The van der Waals surface area contributed by atoms with Gasteiger partial charge in [0, 0.05) is 6.54 Å². The monoisotopic (exact) mass is 250 g/mol. The largest absolute Gasteiger partial charge is 0.495 e. The molecule has 1 heterocycles. The number of carbonyl (C=O) groups is 1. The van der Waals surface area contributed by atoms with Gasteiger partial charge in [-0.3, -0.25) is 4.79 Å². The summed E-state index contributed by atoms with van der Waals surface area (Å²) in [4.78, 5) is 14.0. The van der Waals surface area contributed by atoms with Crippen molar-refractivity contribution in [2.24, 2.45) is 0 Å². The van der Waals surface area contributed by atoms with E-state index in [-0.39, 0.29) is 12.5 Å². The van der Waals surface area contributed by atoms with Gasteiger partial charge < -0.3 is 20.1 Å². The molecule has 98 valence electrons. The number of hydrogen-bond acceptors (Lipinski definition) is 4. The zero-order valence-corrected chi connectivity index (χ0v) is 10.4. The average molecular weight is 250 g/mol. The maximum Gasteiger partial charge on any atom is 0.246 e. The number of carbonyl (C=O) groups excluding carboxylic acids is 1. The van der Waals surface area contributed by atoms with Crippen LogP contribution in [-0.4, -0.2) is 43.9 Å². The van der Waals surface area contributed by atoms with Gasteiger partial charge in [0.1, 0.15) is 11.8 Å². The molecule has 5 heteroatoms. The number of amides is 1. The summed E-state index contributed by atoms with van der Waals surface area (Å²) in [6.45, 7) is 1.16. The van der Waals surface area contributed by atoms with Gasteiger partial charge in [0.15, 0.2) is 0 Å². The van der Waals surface area contributed by atoms with E-state index in [1.54, 1.807) is 12.0 Å². The molecule has 1 aliphatic heterocycles. The van der Waals surface area contributed by atoms with E-state index in [9.17, 15) is 9.90 Å². The number of methoxy groups -OCH3 is 1. The van der Waals surface area contributed by atoms with Gasteiger partial charge in [-0.25, -0.2) is 0 Å². The Morgan fingerprint density at radius 3 is 3.00 bits per heavy atom. The fraction of sp³-hybridized carbons (Fsp3) is 0.462. The minimum atomic E-state index is -0.530. The maximum atomic E-state index is 12.3. The lowest BCUT2D eigenvalue weighted by Crippen LogP contribution is -2.46. The van der Waals surface area contributed by atoms with Gasteiger partial charge >= 0.3 is 0 Å². The summed E-state index contributed by atoms with van der Waals surface area (Å²) < 4.78 is 5.28. The van der Waals surface area contributed by atoms with Crippen LogP contribution in [0.1, 0.15) is 6.42 Å². The highest BCUT2D eigenvalue weighted by Crippen LogP contribution is 2.28. The van der Waals surface area contributed by atoms with Crippen molar-refractivity contribution >= 4 is 11.6 Å². The van der Waals surface area contributed by atoms with E-state index in [0.29, 0.717) is 12.3 Å². The van der Waals surface area contributed by atoms with Gasteiger partial charge in [-0.05, 0) is 25.1 Å². The second-order valence-electron chi connectivity index (χ2n) is 4.20. The molecule has 1 unspecified atom stereocenters. The number of ether oxygens (including phenoxy) is 1. The van der Waals surface area contributed by atoms with E-state index in [1.807, 2.05) is 24.3 Å². The van der Waals surface area contributed by atoms with Gasteiger partial charge in [0.2, 0.25) is 5.91 Å². The minimum Gasteiger partial charge on any atom is -0.495 e. The van der Waals surface area contributed by atoms with Crippen LogP contribution >= 0.6 is 0 Å². The van der Waals surface area contributed by atoms with E-state index >= 15 is 0 Å². The molecule has 1 atom stereocenters. The first kappa shape index (κ1) is 12.9. The molecule has 0 bridgehead atoms. The Bertz CT molecular complexity index is 422. The number of aliphatic hydroxyl groups is 1. The summed E-state index contributed by atoms with van der Waals surface area (Å²) in [5.74, 6) is 0.559. The highest BCUT2D eigenvalue weighted by molar-refractivity contribution is 5.98. The van der Waals surface area contributed by atoms with Crippen LogP contribution < -0.4 is 15.0 Å². The normalized spacial score (nSPS) is 20.7. The van der Waals surface area contributed by atoms with Crippen molar-refractivity contribution in [3.8, 4) is 5.75 Å². The molecule has 0 saturated carbocycles. The van der Waals surface area contributed by atoms with Crippen LogP contribution in [0.2, 0.25) is 0 Å². The van der Waals surface area contributed by atoms with E-state index in [0.717, 1.165) is 18.7 Å². The second-order valence-corrected chi connectivity index (χ2v) is 4.20. The van der Waals surface area contributed by atoms with Crippen molar-refractivity contribution in [2.75, 3.05) is 31.7 Å². The summed E-state index contributed by atoms with van der Waals surface area (Å²) in [6.07, 6.45) is 0.848. The Labute approximate surface area is 106 Å². The van der Waals surface area contributed by atoms with Gasteiger partial charge in [-0.15, -0.1) is 0 Å². The van der Waals surface area contributed by atoms with Crippen molar-refractivity contribution < 1.29 is 14.6 Å². The Morgan fingerprint density at radius 1 is 1.50 bits per heavy atom. The lowest BCUT2D eigenvalue weighted by atomic mass is 10.2. The first-order valence-electron chi connectivity index (χ1n) is 6.06. The Kier molecular flexibility index (Phi) is 4.17. The maximum absolute atomic E-state index is 12.3. The molecule has 1 fully saturated rings. The van der Waals surface area contributed by atoms with Crippen LogP contribution in [0.15, 0.2) is 24.3 Å². The second kappa shape index (κ2) is 5.84. The van der Waals surface area contributed by atoms with Crippen molar-refractivity contribution in [3.05, 3.63) is 24.3 Å². The highest BCUT2D eigenvalue weighted by atomic mass is 16.5. The van der Waals surface area contributed by atoms with Crippen LogP contribution in [0.3, 0.4) is 0 Å². The summed E-state index contributed by atoms with van der Waals surface area (Å²) in [5.41, 5.74) is 0.757. The SMILES string of the molecule is COc1ccccc1N1CCCNC(CO)C1=O. The number of rotatable bonds is 3. The van der Waals surface area contributed by atoms with Gasteiger partial charge in [-0.1, -0.05) is 12.1 Å². The first-order valence-corrected chi connectivity index (χ1v) is 6.06. The molecule has 0 radical (unpaired) electrons. The Balaban J connectivity index is 2.32. The van der Waals surface area contributed by atoms with Gasteiger partial charge in [0.05, 0.1) is 19.4 Å². The first-order chi connectivity index (χ1) is 8.77. The number of benzene rings is 1. The topological polar surface area (TPSA) is 61.8 Å². The molecule has 5 nitrogen and oxygen atoms in total. The minimum absolute atomic E-state index is 0.112. The number of nitrogens with one attached hydrogen (secondary N) is 1. The molecule has 1 aliphatic rings. The molecule has 1 saturated heterocycles. The standard InChI is InChI=1S/C13H18N2O3/c1-18-12-6-3-2-5-11(12)15-8-4-7-14-10(9-16)13(15)17/h2-3,5-6,10,14,16H,4,7-9H2,1H3. The molecule has 2 rings (SSSR count). The van der Waals surface area contributed by atoms with Crippen LogP contribution in [0.25, 0.3) is 0 Å². The molecule has 1 aromatic rings. The molecule has 2 N–H and O–H groups in total. The summed E-state index contributed by atoms with van der Waals surface area (Å²) >= 11 is 0. The molecular formula is C13H18N2O3. The Morgan fingerprint density at radius 2 is 2.28 bits per heavy atom. The summed E-state index contributed by atoms with van der Waals surface area (Å²) in [7, 11) is 1.59. The third kappa shape index (κ3) is 2.47. The summed E-state index contributed by atoms with van der Waals surface area (Å²) in [6, 6.07) is 6.90. The van der Waals surface area contributed by atoms with Crippen molar-refractivity contribution in [1.82, 2.24) is 5.32 Å². The predicted octanol–water partition coefficient (Wildman–Crippen LogP) is 0.382. The van der Waals surface area contributed by atoms with E-state index < -0.39 is 6.04 Å². The zero-order chi connectivity index (χ0) is 13.0. The molecule has 1 aromatic carbocycles. The lowest BCUT2D eigenvalue weighted by molar-refractivity contribution is -0.121. The fourth-order valence-corrected chi connectivity index (χ4v) is 2.13. The highest BCUT2D eigenvalue weighted by Gasteiger charge is 2.28. The van der Waals surface area contributed by atoms with Crippen LogP contribution in [0.5, 0.6) is 5.75 Å². The zero-order valence-electron chi connectivity index (χ0n) is 10.4. The summed E-state index contributed by atoms with van der Waals surface area (Å²) in [5, 5.41) is 12.3. The molecule has 0 aromatic heterocycles. The Hall–Kier alpha value is -1.59. The van der Waals surface area contributed by atoms with Crippen LogP contribution in [0.4, 0.5) is 5.69 Å². The number of aliphatic hydroxyl groups excluding tert-OH is 1. The third-order valence-electron chi connectivity index (χ3n) is 3.07. The third-order valence-corrected chi connectivity index (χ3v) is 3.07. The van der Waals surface area contributed by atoms with Gasteiger partial charge in [-0.2, -0.15) is 0 Å². The van der Waals surface area contributed by atoms with E-state index in [2.05, 4.69) is 5.32 Å². The van der Waals surface area contributed by atoms with Crippen molar-refractivity contribution in [2.45, 2.75) is 12.5 Å².